The molecule has 1 nitrogen and oxygen atoms in total. The van der Waals surface area contributed by atoms with Gasteiger partial charge in [0.2, 0.25) is 0 Å². The standard InChI is InChI=1S/C29H24O/c1-19-5-4-6-24(15-19)29-21(3)8-10-23-12-14-27(18-28(23)29)30-26-13-11-22-9-7-20(2)16-25(22)17-26/h4-18H,1-3H3. The van der Waals surface area contributed by atoms with Gasteiger partial charge in [0.15, 0.2) is 0 Å². The zero-order chi connectivity index (χ0) is 20.7. The molecule has 0 saturated carbocycles. The molecular weight excluding hydrogens is 364 g/mol. The molecule has 0 amide bonds. The van der Waals surface area contributed by atoms with Crippen molar-refractivity contribution in [3.8, 4) is 22.6 Å². The molecule has 0 heterocycles. The highest BCUT2D eigenvalue weighted by Gasteiger charge is 2.10. The monoisotopic (exact) mass is 388 g/mol. The summed E-state index contributed by atoms with van der Waals surface area (Å²) in [4.78, 5) is 0. The molecule has 5 rings (SSSR count). The van der Waals surface area contributed by atoms with Crippen LogP contribution in [0, 0.1) is 20.8 Å². The molecule has 5 aromatic carbocycles. The summed E-state index contributed by atoms with van der Waals surface area (Å²) in [6.07, 6.45) is 0. The van der Waals surface area contributed by atoms with E-state index in [4.69, 9.17) is 4.74 Å². The van der Waals surface area contributed by atoms with Crippen molar-refractivity contribution in [3.05, 3.63) is 108 Å². The molecule has 0 saturated heterocycles. The summed E-state index contributed by atoms with van der Waals surface area (Å²) in [5, 5.41) is 4.86. The van der Waals surface area contributed by atoms with Crippen LogP contribution >= 0.6 is 0 Å². The fourth-order valence-corrected chi connectivity index (χ4v) is 4.20. The quantitative estimate of drug-likeness (QED) is 0.301. The van der Waals surface area contributed by atoms with Gasteiger partial charge in [-0.3, -0.25) is 0 Å². The van der Waals surface area contributed by atoms with Crippen molar-refractivity contribution in [2.45, 2.75) is 20.8 Å². The Morgan fingerprint density at radius 3 is 2.07 bits per heavy atom. The van der Waals surface area contributed by atoms with Crippen molar-refractivity contribution >= 4 is 21.5 Å². The van der Waals surface area contributed by atoms with E-state index in [9.17, 15) is 0 Å². The molecule has 0 aliphatic heterocycles. The van der Waals surface area contributed by atoms with Gasteiger partial charge in [-0.2, -0.15) is 0 Å². The molecule has 0 atom stereocenters. The number of ether oxygens (including phenoxy) is 1. The van der Waals surface area contributed by atoms with Gasteiger partial charge in [-0.25, -0.2) is 0 Å². The number of rotatable bonds is 3. The Hall–Kier alpha value is -3.58. The van der Waals surface area contributed by atoms with E-state index in [1.807, 2.05) is 6.07 Å². The molecule has 0 radical (unpaired) electrons. The molecule has 30 heavy (non-hydrogen) atoms. The van der Waals surface area contributed by atoms with Gasteiger partial charge >= 0.3 is 0 Å². The molecule has 0 fully saturated rings. The van der Waals surface area contributed by atoms with Crippen LogP contribution in [0.2, 0.25) is 0 Å². The Kier molecular flexibility index (Phi) is 4.52. The molecule has 0 aliphatic carbocycles. The summed E-state index contributed by atoms with van der Waals surface area (Å²) in [6, 6.07) is 32.2. The fraction of sp³-hybridized carbons (Fsp3) is 0.103. The number of hydrogen-bond acceptors (Lipinski definition) is 1. The normalized spacial score (nSPS) is 11.2. The van der Waals surface area contributed by atoms with Gasteiger partial charge in [-0.15, -0.1) is 0 Å². The van der Waals surface area contributed by atoms with Crippen molar-refractivity contribution in [2.75, 3.05) is 0 Å². The maximum atomic E-state index is 6.29. The lowest BCUT2D eigenvalue weighted by Crippen LogP contribution is -1.89. The summed E-state index contributed by atoms with van der Waals surface area (Å²) in [7, 11) is 0. The van der Waals surface area contributed by atoms with E-state index in [0.29, 0.717) is 0 Å². The third kappa shape index (κ3) is 3.44. The number of benzene rings is 5. The lowest BCUT2D eigenvalue weighted by molar-refractivity contribution is 0.484. The summed E-state index contributed by atoms with van der Waals surface area (Å²) in [5.74, 6) is 1.71. The summed E-state index contributed by atoms with van der Waals surface area (Å²) in [5.41, 5.74) is 6.31. The number of hydrogen-bond donors (Lipinski definition) is 0. The third-order valence-corrected chi connectivity index (χ3v) is 5.71. The SMILES string of the molecule is Cc1cccc(-c2c(C)ccc3ccc(Oc4ccc5ccc(C)cc5c4)cc23)c1. The second-order valence-corrected chi connectivity index (χ2v) is 8.12. The minimum absolute atomic E-state index is 0.856. The van der Waals surface area contributed by atoms with E-state index in [1.54, 1.807) is 0 Å². The maximum Gasteiger partial charge on any atom is 0.128 e. The highest BCUT2D eigenvalue weighted by molar-refractivity contribution is 5.99. The molecule has 0 aromatic heterocycles. The number of fused-ring (bicyclic) bond motifs is 2. The van der Waals surface area contributed by atoms with Gasteiger partial charge < -0.3 is 4.74 Å². The van der Waals surface area contributed by atoms with Crippen molar-refractivity contribution in [1.82, 2.24) is 0 Å². The zero-order valence-electron chi connectivity index (χ0n) is 17.6. The Morgan fingerprint density at radius 2 is 1.23 bits per heavy atom. The smallest absolute Gasteiger partial charge is 0.128 e. The van der Waals surface area contributed by atoms with Crippen LogP contribution in [-0.2, 0) is 0 Å². The van der Waals surface area contributed by atoms with Gasteiger partial charge in [0.1, 0.15) is 11.5 Å². The second kappa shape index (κ2) is 7.35. The average Bonchev–Trinajstić information content (AvgIpc) is 2.73. The Bertz CT molecular complexity index is 1390. The first kappa shape index (κ1) is 18.4. The average molecular weight is 389 g/mol. The van der Waals surface area contributed by atoms with Crippen LogP contribution in [0.5, 0.6) is 11.5 Å². The summed E-state index contributed by atoms with van der Waals surface area (Å²) in [6.45, 7) is 6.43. The van der Waals surface area contributed by atoms with Crippen molar-refractivity contribution in [2.24, 2.45) is 0 Å². The highest BCUT2D eigenvalue weighted by atomic mass is 16.5. The predicted molar refractivity (Wildman–Crippen MR) is 128 cm³/mol. The molecule has 0 spiro atoms. The first-order chi connectivity index (χ1) is 14.6. The molecule has 0 aliphatic rings. The summed E-state index contributed by atoms with van der Waals surface area (Å²) >= 11 is 0. The van der Waals surface area contributed by atoms with E-state index in [-0.39, 0.29) is 0 Å². The van der Waals surface area contributed by atoms with E-state index < -0.39 is 0 Å². The first-order valence-electron chi connectivity index (χ1n) is 10.4. The minimum atomic E-state index is 0.856. The summed E-state index contributed by atoms with van der Waals surface area (Å²) < 4.78 is 6.29. The van der Waals surface area contributed by atoms with E-state index in [2.05, 4.69) is 106 Å². The van der Waals surface area contributed by atoms with Crippen LogP contribution in [0.1, 0.15) is 16.7 Å². The Labute approximate surface area is 177 Å². The van der Waals surface area contributed by atoms with Crippen LogP contribution in [0.3, 0.4) is 0 Å². The molecule has 146 valence electrons. The van der Waals surface area contributed by atoms with Crippen molar-refractivity contribution < 1.29 is 4.74 Å². The second-order valence-electron chi connectivity index (χ2n) is 8.12. The van der Waals surface area contributed by atoms with Gasteiger partial charge in [0, 0.05) is 0 Å². The topological polar surface area (TPSA) is 9.23 Å². The Balaban J connectivity index is 1.60. The maximum absolute atomic E-state index is 6.29. The van der Waals surface area contributed by atoms with Gasteiger partial charge in [0.25, 0.3) is 0 Å². The molecule has 1 heteroatoms. The van der Waals surface area contributed by atoms with E-state index in [1.165, 1.54) is 49.4 Å². The van der Waals surface area contributed by atoms with E-state index in [0.717, 1.165) is 11.5 Å². The van der Waals surface area contributed by atoms with Crippen LogP contribution < -0.4 is 4.74 Å². The molecular formula is C29H24O. The molecule has 0 unspecified atom stereocenters. The largest absolute Gasteiger partial charge is 0.457 e. The van der Waals surface area contributed by atoms with Crippen LogP contribution in [0.4, 0.5) is 0 Å². The van der Waals surface area contributed by atoms with Crippen molar-refractivity contribution in [1.29, 1.82) is 0 Å². The van der Waals surface area contributed by atoms with Crippen molar-refractivity contribution in [3.63, 3.8) is 0 Å². The van der Waals surface area contributed by atoms with Gasteiger partial charge in [-0.1, -0.05) is 77.9 Å². The minimum Gasteiger partial charge on any atom is -0.457 e. The van der Waals surface area contributed by atoms with Gasteiger partial charge in [0.05, 0.1) is 0 Å². The van der Waals surface area contributed by atoms with E-state index >= 15 is 0 Å². The third-order valence-electron chi connectivity index (χ3n) is 5.71. The Morgan fingerprint density at radius 1 is 0.533 bits per heavy atom. The zero-order valence-corrected chi connectivity index (χ0v) is 17.6. The van der Waals surface area contributed by atoms with Gasteiger partial charge in [-0.05, 0) is 83.3 Å². The lowest BCUT2D eigenvalue weighted by Gasteiger charge is -2.14. The van der Waals surface area contributed by atoms with Crippen LogP contribution in [-0.4, -0.2) is 0 Å². The number of aryl methyl sites for hydroxylation is 3. The molecule has 0 bridgehead atoms. The fourth-order valence-electron chi connectivity index (χ4n) is 4.20. The van der Waals surface area contributed by atoms with Crippen LogP contribution in [0.15, 0.2) is 91.0 Å². The van der Waals surface area contributed by atoms with Crippen LogP contribution in [0.25, 0.3) is 32.7 Å². The predicted octanol–water partition coefficient (Wildman–Crippen LogP) is 8.38. The molecule has 0 N–H and O–H groups in total. The first-order valence-corrected chi connectivity index (χ1v) is 10.4. The molecule has 5 aromatic rings. The highest BCUT2D eigenvalue weighted by Crippen LogP contribution is 2.36. The lowest BCUT2D eigenvalue weighted by atomic mass is 9.93.